The van der Waals surface area contributed by atoms with Gasteiger partial charge in [-0.3, -0.25) is 9.89 Å². The van der Waals surface area contributed by atoms with E-state index in [1.807, 2.05) is 26.0 Å². The zero-order valence-corrected chi connectivity index (χ0v) is 20.3. The van der Waals surface area contributed by atoms with Gasteiger partial charge in [-0.1, -0.05) is 13.8 Å². The molecule has 1 atom stereocenters. The van der Waals surface area contributed by atoms with Crippen molar-refractivity contribution >= 4 is 11.6 Å². The molecule has 1 aliphatic carbocycles. The number of anilines is 1. The third-order valence-electron chi connectivity index (χ3n) is 6.95. The summed E-state index contributed by atoms with van der Waals surface area (Å²) >= 11 is 0. The molecule has 0 saturated carbocycles. The first-order valence-corrected chi connectivity index (χ1v) is 11.7. The van der Waals surface area contributed by atoms with Gasteiger partial charge in [0, 0.05) is 51.9 Å². The minimum Gasteiger partial charge on any atom is -0.494 e. The van der Waals surface area contributed by atoms with Crippen LogP contribution in [0.4, 0.5) is 5.82 Å². The molecule has 2 aliphatic rings. The predicted molar refractivity (Wildman–Crippen MR) is 130 cm³/mol. The molecule has 0 fully saturated rings. The molecule has 1 aliphatic heterocycles. The number of nitrogens with zero attached hydrogens (tertiary/aromatic N) is 2. The number of H-pyrrole nitrogens is 1. The van der Waals surface area contributed by atoms with E-state index in [-0.39, 0.29) is 17.1 Å². The van der Waals surface area contributed by atoms with Crippen LogP contribution in [0, 0.1) is 26.2 Å². The van der Waals surface area contributed by atoms with Crippen LogP contribution in [0.15, 0.2) is 41.6 Å². The normalized spacial score (nSPS) is 19.2. The third-order valence-corrected chi connectivity index (χ3v) is 6.95. The fourth-order valence-electron chi connectivity index (χ4n) is 5.60. The third kappa shape index (κ3) is 3.48. The molecule has 3 heterocycles. The number of fused-ring (bicyclic) bond motifs is 1. The van der Waals surface area contributed by atoms with E-state index in [2.05, 4.69) is 66.0 Å². The molecule has 0 radical (unpaired) electrons. The first-order valence-electron chi connectivity index (χ1n) is 11.7. The Morgan fingerprint density at radius 1 is 1.15 bits per heavy atom. The van der Waals surface area contributed by atoms with Crippen molar-refractivity contribution in [3.8, 4) is 11.4 Å². The summed E-state index contributed by atoms with van der Waals surface area (Å²) in [6, 6.07) is 10.4. The minimum atomic E-state index is -0.124. The summed E-state index contributed by atoms with van der Waals surface area (Å²) in [4.78, 5) is 13.5. The van der Waals surface area contributed by atoms with E-state index in [1.54, 1.807) is 0 Å². The molecule has 5 rings (SSSR count). The minimum absolute atomic E-state index is 0.0600. The van der Waals surface area contributed by atoms with Crippen molar-refractivity contribution in [2.45, 2.75) is 60.3 Å². The molecule has 2 aromatic heterocycles. The van der Waals surface area contributed by atoms with Crippen molar-refractivity contribution in [3.63, 3.8) is 0 Å². The highest BCUT2D eigenvalue weighted by molar-refractivity contribution is 6.01. The van der Waals surface area contributed by atoms with Crippen LogP contribution in [0.2, 0.25) is 0 Å². The van der Waals surface area contributed by atoms with Crippen molar-refractivity contribution in [1.82, 2.24) is 14.8 Å². The number of carbonyl (C=O) groups excluding carboxylic acids is 1. The zero-order chi connectivity index (χ0) is 23.5. The van der Waals surface area contributed by atoms with Crippen molar-refractivity contribution in [1.29, 1.82) is 0 Å². The Labute approximate surface area is 195 Å². The van der Waals surface area contributed by atoms with Gasteiger partial charge >= 0.3 is 0 Å². The summed E-state index contributed by atoms with van der Waals surface area (Å²) in [6.07, 6.45) is 1.40. The fraction of sp³-hybridized carbons (Fsp3) is 0.407. The average Bonchev–Trinajstić information content (AvgIpc) is 3.25. The van der Waals surface area contributed by atoms with Gasteiger partial charge in [-0.2, -0.15) is 5.10 Å². The second-order valence-electron chi connectivity index (χ2n) is 10.1. The molecular formula is C27H32N4O2. The predicted octanol–water partition coefficient (Wildman–Crippen LogP) is 5.72. The van der Waals surface area contributed by atoms with Gasteiger partial charge < -0.3 is 14.6 Å². The summed E-state index contributed by atoms with van der Waals surface area (Å²) in [5.74, 6) is 1.82. The highest BCUT2D eigenvalue weighted by Crippen LogP contribution is 2.50. The van der Waals surface area contributed by atoms with Gasteiger partial charge in [0.05, 0.1) is 6.61 Å². The quantitative estimate of drug-likeness (QED) is 0.539. The molecule has 3 aromatic rings. The maximum atomic E-state index is 13.5. The number of hydrogen-bond acceptors (Lipinski definition) is 4. The Hall–Kier alpha value is -3.28. The number of ether oxygens (including phenoxy) is 1. The van der Waals surface area contributed by atoms with E-state index in [0.29, 0.717) is 13.0 Å². The Kier molecular flexibility index (Phi) is 5.00. The molecule has 0 saturated heterocycles. The Morgan fingerprint density at radius 3 is 2.58 bits per heavy atom. The fourth-order valence-corrected chi connectivity index (χ4v) is 5.60. The molecule has 2 N–H and O–H groups in total. The van der Waals surface area contributed by atoms with Gasteiger partial charge in [0.2, 0.25) is 0 Å². The van der Waals surface area contributed by atoms with Gasteiger partial charge in [0.1, 0.15) is 5.75 Å². The van der Waals surface area contributed by atoms with E-state index in [9.17, 15) is 4.79 Å². The van der Waals surface area contributed by atoms with Crippen molar-refractivity contribution in [3.05, 3.63) is 69.8 Å². The lowest BCUT2D eigenvalue weighted by Gasteiger charge is -2.38. The maximum absolute atomic E-state index is 13.5. The number of benzene rings is 1. The molecule has 0 spiro atoms. The van der Waals surface area contributed by atoms with E-state index in [4.69, 9.17) is 4.74 Å². The summed E-state index contributed by atoms with van der Waals surface area (Å²) in [5.41, 5.74) is 8.46. The van der Waals surface area contributed by atoms with Crippen molar-refractivity contribution < 1.29 is 9.53 Å². The van der Waals surface area contributed by atoms with E-state index >= 15 is 0 Å². The van der Waals surface area contributed by atoms with Gasteiger partial charge in [-0.25, -0.2) is 0 Å². The second kappa shape index (κ2) is 7.65. The first kappa shape index (κ1) is 21.6. The van der Waals surface area contributed by atoms with Crippen molar-refractivity contribution in [2.24, 2.45) is 5.41 Å². The molecule has 172 valence electrons. The molecule has 0 bridgehead atoms. The van der Waals surface area contributed by atoms with Crippen LogP contribution in [-0.2, 0) is 4.79 Å². The number of Topliss-reactive ketones (excluding diaryl/α,β-unsaturated/α-hetero) is 1. The van der Waals surface area contributed by atoms with E-state index in [1.165, 1.54) is 0 Å². The lowest BCUT2D eigenvalue weighted by atomic mass is 9.69. The number of rotatable bonds is 4. The van der Waals surface area contributed by atoms with Crippen LogP contribution in [-0.4, -0.2) is 27.2 Å². The Morgan fingerprint density at radius 2 is 1.88 bits per heavy atom. The van der Waals surface area contributed by atoms with Crippen LogP contribution in [0.5, 0.6) is 5.75 Å². The van der Waals surface area contributed by atoms with Crippen LogP contribution in [0.25, 0.3) is 5.69 Å². The summed E-state index contributed by atoms with van der Waals surface area (Å²) in [5, 5.41) is 11.2. The van der Waals surface area contributed by atoms with Gasteiger partial charge in [-0.15, -0.1) is 0 Å². The van der Waals surface area contributed by atoms with Crippen LogP contribution < -0.4 is 10.1 Å². The molecular weight excluding hydrogens is 412 g/mol. The van der Waals surface area contributed by atoms with Crippen LogP contribution >= 0.6 is 0 Å². The number of hydrogen-bond donors (Lipinski definition) is 2. The molecule has 6 nitrogen and oxygen atoms in total. The van der Waals surface area contributed by atoms with Gasteiger partial charge in [0.25, 0.3) is 0 Å². The summed E-state index contributed by atoms with van der Waals surface area (Å²) in [7, 11) is 0. The number of aryl methyl sites for hydroxylation is 2. The van der Waals surface area contributed by atoms with Gasteiger partial charge in [-0.05, 0) is 75.4 Å². The van der Waals surface area contributed by atoms with Gasteiger partial charge in [0.15, 0.2) is 11.6 Å². The largest absolute Gasteiger partial charge is 0.494 e. The number of aromatic nitrogens is 3. The lowest BCUT2D eigenvalue weighted by molar-refractivity contribution is -0.118. The van der Waals surface area contributed by atoms with Crippen molar-refractivity contribution in [2.75, 3.05) is 11.9 Å². The zero-order valence-electron chi connectivity index (χ0n) is 20.3. The Bertz CT molecular complexity index is 1270. The van der Waals surface area contributed by atoms with E-state index in [0.717, 1.165) is 63.2 Å². The highest BCUT2D eigenvalue weighted by Gasteiger charge is 2.43. The average molecular weight is 445 g/mol. The molecule has 6 heteroatoms. The van der Waals surface area contributed by atoms with E-state index < -0.39 is 0 Å². The van der Waals surface area contributed by atoms with Crippen LogP contribution in [0.3, 0.4) is 0 Å². The lowest BCUT2D eigenvalue weighted by Crippen LogP contribution is -2.34. The number of aromatic amines is 1. The smallest absolute Gasteiger partial charge is 0.162 e. The highest BCUT2D eigenvalue weighted by atomic mass is 16.5. The molecule has 0 amide bonds. The van der Waals surface area contributed by atoms with Crippen LogP contribution in [0.1, 0.15) is 67.7 Å². The Balaban J connectivity index is 1.66. The number of allylic oxidation sites excluding steroid dienone is 2. The molecule has 33 heavy (non-hydrogen) atoms. The monoisotopic (exact) mass is 444 g/mol. The molecule has 1 aromatic carbocycles. The second-order valence-corrected chi connectivity index (χ2v) is 10.1. The first-order chi connectivity index (χ1) is 15.7. The number of ketones is 1. The number of nitrogens with one attached hydrogen (secondary N) is 2. The summed E-state index contributed by atoms with van der Waals surface area (Å²) in [6.45, 7) is 13.3. The maximum Gasteiger partial charge on any atom is 0.162 e. The molecule has 1 unspecified atom stereocenters. The number of carbonyl (C=O) groups is 1. The standard InChI is InChI=1S/C27H32N4O2/c1-7-33-19-10-8-18(9-11-19)31-15(2)12-20(17(31)4)24-23-16(3)29-30-26(23)28-21-13-27(5,6)14-22(32)25(21)24/h8-12,24H,7,13-14H2,1-6H3,(H2,28,29,30). The SMILES string of the molecule is CCOc1ccc(-n2c(C)cc(C3C4=C(CC(C)(C)CC4=O)Nc4n[nH]c(C)c43)c2C)cc1. The summed E-state index contributed by atoms with van der Waals surface area (Å²) < 4.78 is 7.88. The topological polar surface area (TPSA) is 71.9 Å².